The first kappa shape index (κ1) is 16.0. The molecule has 0 aliphatic carbocycles. The van der Waals surface area contributed by atoms with Gasteiger partial charge in [0.25, 0.3) is 0 Å². The molecule has 20 heavy (non-hydrogen) atoms. The Morgan fingerprint density at radius 2 is 2.15 bits per heavy atom. The SMILES string of the molecule is CCS(=O)(=O)NCC1CC(C)(C)Oc2ccc(I)cc21. The second kappa shape index (κ2) is 5.81. The predicted molar refractivity (Wildman–Crippen MR) is 88.7 cm³/mol. The van der Waals surface area contributed by atoms with E-state index in [0.29, 0.717) is 6.54 Å². The van der Waals surface area contributed by atoms with Crippen LogP contribution in [0, 0.1) is 3.57 Å². The molecule has 2 rings (SSSR count). The first-order chi connectivity index (χ1) is 9.22. The number of ether oxygens (including phenoxy) is 1. The van der Waals surface area contributed by atoms with Gasteiger partial charge in [-0.3, -0.25) is 0 Å². The van der Waals surface area contributed by atoms with Gasteiger partial charge in [0.1, 0.15) is 11.4 Å². The molecule has 6 heteroatoms. The van der Waals surface area contributed by atoms with Crippen molar-refractivity contribution in [3.63, 3.8) is 0 Å². The standard InChI is InChI=1S/C14H20INO3S/c1-4-20(17,18)16-9-10-8-14(2,3)19-13-6-5-11(15)7-12(10)13/h5-7,10,16H,4,8-9H2,1-3H3. The molecule has 1 aliphatic rings. The molecule has 0 saturated heterocycles. The number of rotatable bonds is 4. The van der Waals surface area contributed by atoms with Crippen molar-refractivity contribution in [3.8, 4) is 5.75 Å². The van der Waals surface area contributed by atoms with Gasteiger partial charge in [-0.25, -0.2) is 13.1 Å². The van der Waals surface area contributed by atoms with Crippen molar-refractivity contribution in [2.45, 2.75) is 38.7 Å². The van der Waals surface area contributed by atoms with E-state index in [-0.39, 0.29) is 17.3 Å². The Balaban J connectivity index is 2.27. The van der Waals surface area contributed by atoms with Crippen LogP contribution in [-0.4, -0.2) is 26.3 Å². The molecule has 1 aliphatic heterocycles. The smallest absolute Gasteiger partial charge is 0.211 e. The molecule has 1 aromatic carbocycles. The van der Waals surface area contributed by atoms with Gasteiger partial charge in [-0.1, -0.05) is 0 Å². The number of fused-ring (bicyclic) bond motifs is 1. The van der Waals surface area contributed by atoms with Gasteiger partial charge in [0.15, 0.2) is 0 Å². The topological polar surface area (TPSA) is 55.4 Å². The Bertz CT molecular complexity index is 598. The molecule has 0 aromatic heterocycles. The highest BCUT2D eigenvalue weighted by molar-refractivity contribution is 14.1. The maximum atomic E-state index is 11.6. The number of hydrogen-bond donors (Lipinski definition) is 1. The summed E-state index contributed by atoms with van der Waals surface area (Å²) in [6.07, 6.45) is 0.798. The van der Waals surface area contributed by atoms with Crippen molar-refractivity contribution < 1.29 is 13.2 Å². The summed E-state index contributed by atoms with van der Waals surface area (Å²) in [5, 5.41) is 0. The lowest BCUT2D eigenvalue weighted by Gasteiger charge is -2.37. The van der Waals surface area contributed by atoms with Gasteiger partial charge in [-0.05, 0) is 73.5 Å². The van der Waals surface area contributed by atoms with Crippen LogP contribution in [0.5, 0.6) is 5.75 Å². The molecule has 112 valence electrons. The van der Waals surface area contributed by atoms with Crippen LogP contribution in [0.4, 0.5) is 0 Å². The zero-order chi connectivity index (χ0) is 15.0. The minimum Gasteiger partial charge on any atom is -0.488 e. The molecule has 0 radical (unpaired) electrons. The third-order valence-corrected chi connectivity index (χ3v) is 5.50. The Morgan fingerprint density at radius 3 is 2.80 bits per heavy atom. The summed E-state index contributed by atoms with van der Waals surface area (Å²) >= 11 is 2.26. The van der Waals surface area contributed by atoms with Gasteiger partial charge in [-0.15, -0.1) is 0 Å². The molecule has 0 saturated carbocycles. The minimum atomic E-state index is -3.16. The van der Waals surface area contributed by atoms with E-state index in [1.807, 2.05) is 26.0 Å². The molecule has 1 N–H and O–H groups in total. The van der Waals surface area contributed by atoms with E-state index in [1.165, 1.54) is 0 Å². The monoisotopic (exact) mass is 409 g/mol. The fraction of sp³-hybridized carbons (Fsp3) is 0.571. The van der Waals surface area contributed by atoms with Gasteiger partial charge in [-0.2, -0.15) is 0 Å². The lowest BCUT2D eigenvalue weighted by atomic mass is 9.84. The van der Waals surface area contributed by atoms with Crippen molar-refractivity contribution in [3.05, 3.63) is 27.3 Å². The molecule has 1 unspecified atom stereocenters. The summed E-state index contributed by atoms with van der Waals surface area (Å²) in [6.45, 7) is 6.15. The van der Waals surface area contributed by atoms with E-state index in [1.54, 1.807) is 6.92 Å². The first-order valence-corrected chi connectivity index (χ1v) is 9.41. The van der Waals surface area contributed by atoms with Crippen molar-refractivity contribution in [1.29, 1.82) is 0 Å². The van der Waals surface area contributed by atoms with E-state index >= 15 is 0 Å². The van der Waals surface area contributed by atoms with Crippen LogP contribution in [0.15, 0.2) is 18.2 Å². The third-order valence-electron chi connectivity index (χ3n) is 3.47. The van der Waals surface area contributed by atoms with E-state index in [9.17, 15) is 8.42 Å². The van der Waals surface area contributed by atoms with Gasteiger partial charge in [0, 0.05) is 16.0 Å². The number of halogens is 1. The molecular weight excluding hydrogens is 389 g/mol. The molecule has 4 nitrogen and oxygen atoms in total. The molecule has 0 fully saturated rings. The van der Waals surface area contributed by atoms with Crippen LogP contribution in [0.2, 0.25) is 0 Å². The van der Waals surface area contributed by atoms with E-state index in [2.05, 4.69) is 33.4 Å². The molecule has 0 spiro atoms. The highest BCUT2D eigenvalue weighted by Crippen LogP contribution is 2.41. The highest BCUT2D eigenvalue weighted by Gasteiger charge is 2.34. The summed E-state index contributed by atoms with van der Waals surface area (Å²) in [6, 6.07) is 6.06. The van der Waals surface area contributed by atoms with Crippen molar-refractivity contribution in [2.75, 3.05) is 12.3 Å². The van der Waals surface area contributed by atoms with Crippen LogP contribution < -0.4 is 9.46 Å². The Kier molecular flexibility index (Phi) is 4.66. The summed E-state index contributed by atoms with van der Waals surface area (Å²) in [5.74, 6) is 1.12. The van der Waals surface area contributed by atoms with Crippen molar-refractivity contribution >= 4 is 32.6 Å². The van der Waals surface area contributed by atoms with Crippen LogP contribution in [-0.2, 0) is 10.0 Å². The zero-order valence-electron chi connectivity index (χ0n) is 11.9. The third kappa shape index (κ3) is 3.85. The van der Waals surface area contributed by atoms with Crippen LogP contribution >= 0.6 is 22.6 Å². The second-order valence-electron chi connectivity index (χ2n) is 5.70. The number of nitrogens with one attached hydrogen (secondary N) is 1. The zero-order valence-corrected chi connectivity index (χ0v) is 14.9. The fourth-order valence-corrected chi connectivity index (χ4v) is 3.66. The Morgan fingerprint density at radius 1 is 1.45 bits per heavy atom. The lowest BCUT2D eigenvalue weighted by molar-refractivity contribution is 0.0725. The number of benzene rings is 1. The predicted octanol–water partition coefficient (Wildman–Crippen LogP) is 2.88. The van der Waals surface area contributed by atoms with Crippen molar-refractivity contribution in [1.82, 2.24) is 4.72 Å². The maximum Gasteiger partial charge on any atom is 0.211 e. The molecule has 0 bridgehead atoms. The van der Waals surface area contributed by atoms with Crippen LogP contribution in [0.1, 0.15) is 38.7 Å². The summed E-state index contributed by atoms with van der Waals surface area (Å²) in [7, 11) is -3.16. The number of hydrogen-bond acceptors (Lipinski definition) is 3. The molecule has 1 atom stereocenters. The van der Waals surface area contributed by atoms with Crippen LogP contribution in [0.3, 0.4) is 0 Å². The number of sulfonamides is 1. The summed E-state index contributed by atoms with van der Waals surface area (Å²) in [4.78, 5) is 0. The molecule has 1 aromatic rings. The Hall–Kier alpha value is -0.340. The maximum absolute atomic E-state index is 11.6. The van der Waals surface area contributed by atoms with Crippen molar-refractivity contribution in [2.24, 2.45) is 0 Å². The van der Waals surface area contributed by atoms with Gasteiger partial charge >= 0.3 is 0 Å². The minimum absolute atomic E-state index is 0.110. The normalized spacial score (nSPS) is 21.1. The van der Waals surface area contributed by atoms with Gasteiger partial charge < -0.3 is 4.74 Å². The van der Waals surface area contributed by atoms with Crippen LogP contribution in [0.25, 0.3) is 0 Å². The van der Waals surface area contributed by atoms with Gasteiger partial charge in [0.2, 0.25) is 10.0 Å². The average molecular weight is 409 g/mol. The van der Waals surface area contributed by atoms with E-state index < -0.39 is 10.0 Å². The second-order valence-corrected chi connectivity index (χ2v) is 9.04. The van der Waals surface area contributed by atoms with E-state index in [4.69, 9.17) is 4.74 Å². The summed E-state index contributed by atoms with van der Waals surface area (Å²) in [5.41, 5.74) is 0.817. The first-order valence-electron chi connectivity index (χ1n) is 6.68. The fourth-order valence-electron chi connectivity index (χ4n) is 2.49. The molecular formula is C14H20INO3S. The highest BCUT2D eigenvalue weighted by atomic mass is 127. The molecule has 0 amide bonds. The lowest BCUT2D eigenvalue weighted by Crippen LogP contribution is -2.39. The Labute approximate surface area is 134 Å². The summed E-state index contributed by atoms with van der Waals surface area (Å²) < 4.78 is 33.1. The van der Waals surface area contributed by atoms with Gasteiger partial charge in [0.05, 0.1) is 5.75 Å². The quantitative estimate of drug-likeness (QED) is 0.779. The molecule has 1 heterocycles. The average Bonchev–Trinajstić information content (AvgIpc) is 2.36. The largest absolute Gasteiger partial charge is 0.488 e. The van der Waals surface area contributed by atoms with E-state index in [0.717, 1.165) is 21.3 Å².